The number of carbonyl (C=O) groups excluding carboxylic acids is 2. The number of aliphatic hydroxyl groups is 1. The zero-order chi connectivity index (χ0) is 16.1. The van der Waals surface area contributed by atoms with Crippen LogP contribution in [0.25, 0.3) is 0 Å². The second-order valence-corrected chi connectivity index (χ2v) is 5.66. The minimum atomic E-state index is -0.827. The lowest BCUT2D eigenvalue weighted by molar-refractivity contribution is -0.150. The lowest BCUT2D eigenvalue weighted by atomic mass is 9.82. The number of ether oxygens (including phenoxy) is 2. The van der Waals surface area contributed by atoms with Gasteiger partial charge in [-0.2, -0.15) is 0 Å². The van der Waals surface area contributed by atoms with Crippen LogP contribution in [-0.2, 0) is 19.1 Å². The summed E-state index contributed by atoms with van der Waals surface area (Å²) in [6.45, 7) is 0. The van der Waals surface area contributed by atoms with Gasteiger partial charge in [0.05, 0.1) is 32.2 Å². The van der Waals surface area contributed by atoms with Crippen molar-refractivity contribution < 1.29 is 24.2 Å². The van der Waals surface area contributed by atoms with E-state index in [1.807, 2.05) is 30.3 Å². The van der Waals surface area contributed by atoms with Crippen LogP contribution < -0.4 is 0 Å². The summed E-state index contributed by atoms with van der Waals surface area (Å²) in [5.41, 5.74) is 0.975. The third-order valence-electron chi connectivity index (χ3n) is 4.47. The molecule has 0 saturated heterocycles. The Morgan fingerprint density at radius 3 is 2.14 bits per heavy atom. The van der Waals surface area contributed by atoms with Crippen LogP contribution in [0.4, 0.5) is 0 Å². The van der Waals surface area contributed by atoms with Gasteiger partial charge in [0, 0.05) is 0 Å². The summed E-state index contributed by atoms with van der Waals surface area (Å²) in [5.74, 6) is -1.85. The first-order chi connectivity index (χ1) is 10.6. The molecular weight excluding hydrogens is 284 g/mol. The molecule has 1 N–H and O–H groups in total. The van der Waals surface area contributed by atoms with Crippen LogP contribution in [0.2, 0.25) is 0 Å². The Hall–Kier alpha value is -1.88. The average molecular weight is 306 g/mol. The standard InChI is InChI=1S/C17H22O5/c1-21-16(19)12-8-9-13(17(20)22-2)15(18)10-14(12)11-6-4-3-5-7-11/h3-7,12-15,18H,8-10H2,1-2H3/t12-,13+,14+,15+/m0/s1. The van der Waals surface area contributed by atoms with Gasteiger partial charge in [-0.1, -0.05) is 30.3 Å². The van der Waals surface area contributed by atoms with Crippen molar-refractivity contribution in [1.82, 2.24) is 0 Å². The van der Waals surface area contributed by atoms with Crippen molar-refractivity contribution in [3.05, 3.63) is 35.9 Å². The first kappa shape index (κ1) is 16.5. The molecule has 120 valence electrons. The maximum Gasteiger partial charge on any atom is 0.311 e. The molecule has 22 heavy (non-hydrogen) atoms. The van der Waals surface area contributed by atoms with Crippen molar-refractivity contribution in [1.29, 1.82) is 0 Å². The van der Waals surface area contributed by atoms with Gasteiger partial charge in [-0.15, -0.1) is 0 Å². The molecule has 0 unspecified atom stereocenters. The molecule has 1 aliphatic carbocycles. The van der Waals surface area contributed by atoms with Crippen LogP contribution in [0.5, 0.6) is 0 Å². The Labute approximate surface area is 130 Å². The highest BCUT2D eigenvalue weighted by Gasteiger charge is 2.40. The molecule has 0 radical (unpaired) electrons. The molecule has 1 aliphatic rings. The van der Waals surface area contributed by atoms with Crippen molar-refractivity contribution in [3.8, 4) is 0 Å². The third kappa shape index (κ3) is 3.47. The summed E-state index contributed by atoms with van der Waals surface area (Å²) in [4.78, 5) is 24.0. The molecule has 5 heteroatoms. The number of benzene rings is 1. The van der Waals surface area contributed by atoms with E-state index in [9.17, 15) is 14.7 Å². The molecule has 4 atom stereocenters. The van der Waals surface area contributed by atoms with E-state index in [2.05, 4.69) is 0 Å². The van der Waals surface area contributed by atoms with Crippen LogP contribution in [-0.4, -0.2) is 37.4 Å². The van der Waals surface area contributed by atoms with E-state index in [0.29, 0.717) is 19.3 Å². The van der Waals surface area contributed by atoms with E-state index >= 15 is 0 Å². The van der Waals surface area contributed by atoms with Crippen LogP contribution >= 0.6 is 0 Å². The summed E-state index contributed by atoms with van der Waals surface area (Å²) in [6, 6.07) is 9.58. The molecule has 1 aromatic rings. The molecule has 0 aromatic heterocycles. The van der Waals surface area contributed by atoms with E-state index in [1.165, 1.54) is 14.2 Å². The van der Waals surface area contributed by atoms with E-state index in [-0.39, 0.29) is 17.8 Å². The van der Waals surface area contributed by atoms with E-state index in [4.69, 9.17) is 9.47 Å². The highest BCUT2D eigenvalue weighted by molar-refractivity contribution is 5.75. The second kappa shape index (κ2) is 7.40. The molecular formula is C17H22O5. The van der Waals surface area contributed by atoms with Crippen molar-refractivity contribution in [2.24, 2.45) is 11.8 Å². The number of hydrogen-bond acceptors (Lipinski definition) is 5. The van der Waals surface area contributed by atoms with Gasteiger partial charge in [0.1, 0.15) is 0 Å². The number of carbonyl (C=O) groups is 2. The Bertz CT molecular complexity index is 513. The maximum atomic E-state index is 12.1. The topological polar surface area (TPSA) is 72.8 Å². The summed E-state index contributed by atoms with van der Waals surface area (Å²) in [6.07, 6.45) is 0.413. The molecule has 0 heterocycles. The average Bonchev–Trinajstić information content (AvgIpc) is 2.73. The van der Waals surface area contributed by atoms with E-state index in [1.54, 1.807) is 0 Å². The lowest BCUT2D eigenvalue weighted by Gasteiger charge is -2.24. The molecule has 0 spiro atoms. The molecule has 2 rings (SSSR count). The van der Waals surface area contributed by atoms with Gasteiger partial charge in [-0.3, -0.25) is 9.59 Å². The quantitative estimate of drug-likeness (QED) is 0.682. The fourth-order valence-electron chi connectivity index (χ4n) is 3.27. The normalized spacial score (nSPS) is 28.5. The number of aliphatic hydroxyl groups excluding tert-OH is 1. The fraction of sp³-hybridized carbons (Fsp3) is 0.529. The van der Waals surface area contributed by atoms with Crippen LogP contribution in [0, 0.1) is 11.8 Å². The fourth-order valence-corrected chi connectivity index (χ4v) is 3.27. The molecule has 1 aromatic carbocycles. The maximum absolute atomic E-state index is 12.1. The Balaban J connectivity index is 2.31. The minimum Gasteiger partial charge on any atom is -0.469 e. The Morgan fingerprint density at radius 1 is 1.00 bits per heavy atom. The molecule has 0 bridgehead atoms. The smallest absolute Gasteiger partial charge is 0.311 e. The predicted molar refractivity (Wildman–Crippen MR) is 80.1 cm³/mol. The summed E-state index contributed by atoms with van der Waals surface area (Å²) in [5, 5.41) is 10.4. The molecule has 0 aliphatic heterocycles. The molecule has 0 amide bonds. The van der Waals surface area contributed by atoms with Crippen molar-refractivity contribution in [3.63, 3.8) is 0 Å². The van der Waals surface area contributed by atoms with E-state index < -0.39 is 18.0 Å². The number of hydrogen-bond donors (Lipinski definition) is 1. The first-order valence-electron chi connectivity index (χ1n) is 7.47. The monoisotopic (exact) mass is 306 g/mol. The second-order valence-electron chi connectivity index (χ2n) is 5.66. The Kier molecular flexibility index (Phi) is 5.55. The highest BCUT2D eigenvalue weighted by atomic mass is 16.5. The highest BCUT2D eigenvalue weighted by Crippen LogP contribution is 2.39. The Morgan fingerprint density at radius 2 is 1.55 bits per heavy atom. The van der Waals surface area contributed by atoms with Gasteiger partial charge in [0.25, 0.3) is 0 Å². The van der Waals surface area contributed by atoms with Gasteiger partial charge >= 0.3 is 11.9 Å². The van der Waals surface area contributed by atoms with Crippen LogP contribution in [0.15, 0.2) is 30.3 Å². The first-order valence-corrected chi connectivity index (χ1v) is 7.47. The summed E-state index contributed by atoms with van der Waals surface area (Å²) in [7, 11) is 2.68. The largest absolute Gasteiger partial charge is 0.469 e. The summed E-state index contributed by atoms with van der Waals surface area (Å²) >= 11 is 0. The zero-order valence-corrected chi connectivity index (χ0v) is 12.9. The SMILES string of the molecule is COC(=O)[C@H]1CC[C@@H](C(=O)OC)[C@H](O)C[C@@H]1c1ccccc1. The van der Waals surface area contributed by atoms with E-state index in [0.717, 1.165) is 5.56 Å². The van der Waals surface area contributed by atoms with Gasteiger partial charge in [-0.05, 0) is 30.7 Å². The van der Waals surface area contributed by atoms with Crippen molar-refractivity contribution in [2.45, 2.75) is 31.3 Å². The number of methoxy groups -OCH3 is 2. The number of rotatable bonds is 3. The number of esters is 2. The van der Waals surface area contributed by atoms with Crippen molar-refractivity contribution in [2.75, 3.05) is 14.2 Å². The van der Waals surface area contributed by atoms with Crippen molar-refractivity contribution >= 4 is 11.9 Å². The zero-order valence-electron chi connectivity index (χ0n) is 12.9. The molecule has 1 saturated carbocycles. The molecule has 5 nitrogen and oxygen atoms in total. The summed E-state index contributed by atoms with van der Waals surface area (Å²) < 4.78 is 9.68. The van der Waals surface area contributed by atoms with Gasteiger partial charge in [0.15, 0.2) is 0 Å². The predicted octanol–water partition coefficient (Wildman–Crippen LogP) is 1.89. The van der Waals surface area contributed by atoms with Gasteiger partial charge < -0.3 is 14.6 Å². The lowest BCUT2D eigenvalue weighted by Crippen LogP contribution is -2.29. The molecule has 1 fully saturated rings. The third-order valence-corrected chi connectivity index (χ3v) is 4.47. The van der Waals surface area contributed by atoms with Gasteiger partial charge in [-0.25, -0.2) is 0 Å². The minimum absolute atomic E-state index is 0.168. The van der Waals surface area contributed by atoms with Gasteiger partial charge in [0.2, 0.25) is 0 Å². The van der Waals surface area contributed by atoms with Crippen LogP contribution in [0.1, 0.15) is 30.7 Å². The van der Waals surface area contributed by atoms with Crippen LogP contribution in [0.3, 0.4) is 0 Å².